The molecule has 1 saturated heterocycles. The average Bonchev–Trinajstić information content (AvgIpc) is 2.47. The lowest BCUT2D eigenvalue weighted by Crippen LogP contribution is -2.43. The summed E-state index contributed by atoms with van der Waals surface area (Å²) in [6.45, 7) is 1.71. The van der Waals surface area contributed by atoms with Crippen LogP contribution >= 0.6 is 0 Å². The van der Waals surface area contributed by atoms with Crippen molar-refractivity contribution in [3.8, 4) is 6.07 Å². The van der Waals surface area contributed by atoms with Gasteiger partial charge in [0.05, 0.1) is 30.6 Å². The van der Waals surface area contributed by atoms with Gasteiger partial charge in [-0.15, -0.1) is 0 Å². The van der Waals surface area contributed by atoms with Crippen LogP contribution in [0, 0.1) is 11.3 Å². The highest BCUT2D eigenvalue weighted by Crippen LogP contribution is 2.13. The number of hydrogen-bond donors (Lipinski definition) is 0. The molecule has 6 nitrogen and oxygen atoms in total. The number of sulfone groups is 1. The third kappa shape index (κ3) is 4.28. The monoisotopic (exact) mass is 308 g/mol. The van der Waals surface area contributed by atoms with E-state index in [1.54, 1.807) is 24.3 Å². The maximum absolute atomic E-state index is 12.1. The first-order valence-corrected chi connectivity index (χ1v) is 8.38. The molecule has 0 radical (unpaired) electrons. The standard InChI is InChI=1S/C14H16N2O4S/c15-9-12-3-1-2-4-13(12)10-21(18,19)11-14(17)16-5-7-20-8-6-16/h1-4H,5-8,10-11H2. The fourth-order valence-electron chi connectivity index (χ4n) is 2.14. The molecule has 7 heteroatoms. The van der Waals surface area contributed by atoms with Crippen LogP contribution in [0.25, 0.3) is 0 Å². The Balaban J connectivity index is 2.05. The first-order valence-electron chi connectivity index (χ1n) is 6.56. The zero-order valence-electron chi connectivity index (χ0n) is 11.5. The molecule has 0 unspecified atom stereocenters. The Labute approximate surface area is 123 Å². The summed E-state index contributed by atoms with van der Waals surface area (Å²) in [5.74, 6) is -1.24. The van der Waals surface area contributed by atoms with Gasteiger partial charge >= 0.3 is 0 Å². The van der Waals surface area contributed by atoms with E-state index >= 15 is 0 Å². The van der Waals surface area contributed by atoms with Crippen molar-refractivity contribution in [2.75, 3.05) is 32.1 Å². The Morgan fingerprint density at radius 2 is 1.95 bits per heavy atom. The lowest BCUT2D eigenvalue weighted by atomic mass is 10.1. The predicted octanol–water partition coefficient (Wildman–Crippen LogP) is 0.332. The normalized spacial score (nSPS) is 15.5. The van der Waals surface area contributed by atoms with Gasteiger partial charge in [-0.2, -0.15) is 5.26 Å². The van der Waals surface area contributed by atoms with Crippen LogP contribution in [0.4, 0.5) is 0 Å². The van der Waals surface area contributed by atoms with Gasteiger partial charge in [0, 0.05) is 13.1 Å². The summed E-state index contributed by atoms with van der Waals surface area (Å²) in [6.07, 6.45) is 0. The van der Waals surface area contributed by atoms with Crippen LogP contribution in [-0.2, 0) is 25.1 Å². The number of benzene rings is 1. The van der Waals surface area contributed by atoms with Gasteiger partial charge in [0.15, 0.2) is 9.84 Å². The Morgan fingerprint density at radius 3 is 2.62 bits per heavy atom. The fraction of sp³-hybridized carbons (Fsp3) is 0.429. The van der Waals surface area contributed by atoms with E-state index in [1.807, 2.05) is 6.07 Å². The van der Waals surface area contributed by atoms with Gasteiger partial charge in [-0.3, -0.25) is 4.79 Å². The van der Waals surface area contributed by atoms with E-state index < -0.39 is 21.5 Å². The fourth-order valence-corrected chi connectivity index (χ4v) is 3.52. The molecule has 0 aliphatic carbocycles. The van der Waals surface area contributed by atoms with Crippen molar-refractivity contribution in [2.24, 2.45) is 0 Å². The summed E-state index contributed by atoms with van der Waals surface area (Å²) < 4.78 is 29.4. The highest BCUT2D eigenvalue weighted by molar-refractivity contribution is 7.91. The second-order valence-corrected chi connectivity index (χ2v) is 6.86. The van der Waals surface area contributed by atoms with Crippen LogP contribution in [0.1, 0.15) is 11.1 Å². The predicted molar refractivity (Wildman–Crippen MR) is 76.0 cm³/mol. The highest BCUT2D eigenvalue weighted by atomic mass is 32.2. The minimum atomic E-state index is -3.60. The third-order valence-electron chi connectivity index (χ3n) is 3.22. The van der Waals surface area contributed by atoms with Crippen molar-refractivity contribution in [3.63, 3.8) is 0 Å². The van der Waals surface area contributed by atoms with Crippen molar-refractivity contribution in [3.05, 3.63) is 35.4 Å². The Hall–Kier alpha value is -1.91. The molecule has 0 bridgehead atoms. The number of carbonyl (C=O) groups is 1. The molecule has 1 aromatic carbocycles. The Bertz CT molecular complexity index is 658. The van der Waals surface area contributed by atoms with Crippen LogP contribution in [0.3, 0.4) is 0 Å². The van der Waals surface area contributed by atoms with Crippen molar-refractivity contribution in [1.29, 1.82) is 5.26 Å². The Morgan fingerprint density at radius 1 is 1.29 bits per heavy atom. The second kappa shape index (κ2) is 6.70. The minimum Gasteiger partial charge on any atom is -0.378 e. The summed E-state index contributed by atoms with van der Waals surface area (Å²) >= 11 is 0. The molecule has 1 aromatic rings. The number of morpholine rings is 1. The first-order chi connectivity index (χ1) is 10.0. The van der Waals surface area contributed by atoms with Crippen molar-refractivity contribution in [2.45, 2.75) is 5.75 Å². The number of amides is 1. The summed E-state index contributed by atoms with van der Waals surface area (Å²) in [7, 11) is -3.60. The molecule has 0 saturated carbocycles. The number of nitriles is 1. The summed E-state index contributed by atoms with van der Waals surface area (Å²) in [5.41, 5.74) is 0.745. The zero-order chi connectivity index (χ0) is 15.3. The topological polar surface area (TPSA) is 87.5 Å². The number of ether oxygens (including phenoxy) is 1. The Kier molecular flexibility index (Phi) is 4.94. The van der Waals surface area contributed by atoms with Gasteiger partial charge in [0.1, 0.15) is 5.75 Å². The molecule has 21 heavy (non-hydrogen) atoms. The van der Waals surface area contributed by atoms with Crippen LogP contribution in [0.5, 0.6) is 0 Å². The van der Waals surface area contributed by atoms with Crippen molar-refractivity contribution in [1.82, 2.24) is 4.90 Å². The maximum Gasteiger partial charge on any atom is 0.237 e. The quantitative estimate of drug-likeness (QED) is 0.800. The van der Waals surface area contributed by atoms with Gasteiger partial charge in [-0.25, -0.2) is 8.42 Å². The zero-order valence-corrected chi connectivity index (χ0v) is 12.3. The summed E-state index contributed by atoms with van der Waals surface area (Å²) in [4.78, 5) is 13.5. The highest BCUT2D eigenvalue weighted by Gasteiger charge is 2.24. The van der Waals surface area contributed by atoms with Gasteiger partial charge in [-0.05, 0) is 11.6 Å². The number of carbonyl (C=O) groups excluding carboxylic acids is 1. The molecular weight excluding hydrogens is 292 g/mol. The lowest BCUT2D eigenvalue weighted by molar-refractivity contribution is -0.132. The maximum atomic E-state index is 12.1. The van der Waals surface area contributed by atoms with E-state index in [0.717, 1.165) is 0 Å². The molecule has 1 heterocycles. The molecule has 2 rings (SSSR count). The number of hydrogen-bond acceptors (Lipinski definition) is 5. The molecular formula is C14H16N2O4S. The molecule has 0 atom stereocenters. The molecule has 0 N–H and O–H groups in total. The van der Waals surface area contributed by atoms with E-state index in [4.69, 9.17) is 10.00 Å². The third-order valence-corrected chi connectivity index (χ3v) is 4.66. The molecule has 0 aromatic heterocycles. The van der Waals surface area contributed by atoms with Crippen molar-refractivity contribution < 1.29 is 17.9 Å². The van der Waals surface area contributed by atoms with E-state index in [9.17, 15) is 13.2 Å². The number of rotatable bonds is 4. The molecule has 0 spiro atoms. The van der Waals surface area contributed by atoms with Gasteiger partial charge in [0.25, 0.3) is 0 Å². The van der Waals surface area contributed by atoms with E-state index in [1.165, 1.54) is 4.90 Å². The van der Waals surface area contributed by atoms with Crippen molar-refractivity contribution >= 4 is 15.7 Å². The average molecular weight is 308 g/mol. The van der Waals surface area contributed by atoms with Gasteiger partial charge in [-0.1, -0.05) is 18.2 Å². The number of nitrogens with zero attached hydrogens (tertiary/aromatic N) is 2. The van der Waals surface area contributed by atoms with Crippen LogP contribution in [0.2, 0.25) is 0 Å². The lowest BCUT2D eigenvalue weighted by Gasteiger charge is -2.26. The summed E-state index contributed by atoms with van der Waals surface area (Å²) in [6, 6.07) is 8.47. The van der Waals surface area contributed by atoms with Gasteiger partial charge in [0.2, 0.25) is 5.91 Å². The molecule has 1 aliphatic rings. The van der Waals surface area contributed by atoms with Crippen LogP contribution in [-0.4, -0.2) is 51.3 Å². The minimum absolute atomic E-state index is 0.299. The largest absolute Gasteiger partial charge is 0.378 e. The summed E-state index contributed by atoms with van der Waals surface area (Å²) in [5, 5.41) is 8.97. The van der Waals surface area contributed by atoms with E-state index in [2.05, 4.69) is 0 Å². The van der Waals surface area contributed by atoms with Crippen LogP contribution < -0.4 is 0 Å². The van der Waals surface area contributed by atoms with E-state index in [0.29, 0.717) is 37.4 Å². The SMILES string of the molecule is N#Cc1ccccc1CS(=O)(=O)CC(=O)N1CCOCC1. The van der Waals surface area contributed by atoms with Gasteiger partial charge < -0.3 is 9.64 Å². The molecule has 1 fully saturated rings. The van der Waals surface area contributed by atoms with Crippen LogP contribution in [0.15, 0.2) is 24.3 Å². The first kappa shape index (κ1) is 15.5. The molecule has 1 amide bonds. The second-order valence-electron chi connectivity index (χ2n) is 4.79. The molecule has 1 aliphatic heterocycles. The smallest absolute Gasteiger partial charge is 0.237 e. The molecule has 112 valence electrons. The van der Waals surface area contributed by atoms with E-state index in [-0.39, 0.29) is 5.75 Å².